The van der Waals surface area contributed by atoms with E-state index in [4.69, 9.17) is 15.2 Å². The van der Waals surface area contributed by atoms with Crippen LogP contribution < -0.4 is 20.5 Å². The molecule has 0 radical (unpaired) electrons. The van der Waals surface area contributed by atoms with Gasteiger partial charge in [-0.15, -0.1) is 0 Å². The van der Waals surface area contributed by atoms with E-state index in [1.54, 1.807) is 25.4 Å². The molecule has 0 spiro atoms. The van der Waals surface area contributed by atoms with Crippen molar-refractivity contribution in [2.45, 2.75) is 0 Å². The molecule has 3 N–H and O–H groups in total. The number of nitrogens with zero attached hydrogens (tertiary/aromatic N) is 1. The lowest BCUT2D eigenvalue weighted by atomic mass is 10.0. The monoisotopic (exact) mass is 399 g/mol. The van der Waals surface area contributed by atoms with Crippen LogP contribution in [0.2, 0.25) is 0 Å². The summed E-state index contributed by atoms with van der Waals surface area (Å²) in [5.74, 6) is 0.570. The number of pyridine rings is 1. The molecule has 0 saturated carbocycles. The van der Waals surface area contributed by atoms with E-state index < -0.39 is 5.91 Å². The number of ether oxygens (including phenoxy) is 2. The lowest BCUT2D eigenvalue weighted by Gasteiger charge is -2.14. The van der Waals surface area contributed by atoms with E-state index in [2.05, 4.69) is 10.3 Å². The molecule has 4 rings (SSSR count). The fourth-order valence-electron chi connectivity index (χ4n) is 3.39. The average molecular weight is 399 g/mol. The number of rotatable bonds is 6. The minimum Gasteiger partial charge on any atom is -0.497 e. The Balaban J connectivity index is 1.81. The lowest BCUT2D eigenvalue weighted by Crippen LogP contribution is -2.12. The van der Waals surface area contributed by atoms with Crippen LogP contribution in [0, 0.1) is 0 Å². The molecule has 6 heteroatoms. The Morgan fingerprint density at radius 1 is 0.933 bits per heavy atom. The average Bonchev–Trinajstić information content (AvgIpc) is 2.78. The zero-order chi connectivity index (χ0) is 21.1. The number of amides is 1. The fraction of sp³-hybridized carbons (Fsp3) is 0.0833. The molecule has 0 fully saturated rings. The molecule has 0 unspecified atom stereocenters. The van der Waals surface area contributed by atoms with Gasteiger partial charge in [-0.3, -0.25) is 9.78 Å². The number of hydrogen-bond acceptors (Lipinski definition) is 5. The van der Waals surface area contributed by atoms with Crippen LogP contribution in [-0.4, -0.2) is 25.1 Å². The summed E-state index contributed by atoms with van der Waals surface area (Å²) in [4.78, 5) is 16.3. The molecule has 0 saturated heterocycles. The third kappa shape index (κ3) is 3.75. The normalized spacial score (nSPS) is 10.6. The van der Waals surface area contributed by atoms with Crippen molar-refractivity contribution in [3.63, 3.8) is 0 Å². The van der Waals surface area contributed by atoms with E-state index in [0.29, 0.717) is 16.8 Å². The Kier molecular flexibility index (Phi) is 5.22. The number of aromatic nitrogens is 1. The van der Waals surface area contributed by atoms with Crippen LogP contribution in [0.5, 0.6) is 11.5 Å². The van der Waals surface area contributed by atoms with Crippen molar-refractivity contribution < 1.29 is 14.3 Å². The molecule has 0 aliphatic carbocycles. The Morgan fingerprint density at radius 3 is 2.43 bits per heavy atom. The first kappa shape index (κ1) is 19.3. The van der Waals surface area contributed by atoms with Crippen molar-refractivity contribution in [3.8, 4) is 22.6 Å². The molecule has 0 aliphatic heterocycles. The van der Waals surface area contributed by atoms with Gasteiger partial charge in [0.2, 0.25) is 0 Å². The number of carbonyl (C=O) groups is 1. The van der Waals surface area contributed by atoms with Gasteiger partial charge in [-0.25, -0.2) is 0 Å². The van der Waals surface area contributed by atoms with Gasteiger partial charge in [0.05, 0.1) is 25.3 Å². The zero-order valence-corrected chi connectivity index (χ0v) is 16.7. The maximum absolute atomic E-state index is 11.9. The number of nitrogens with one attached hydrogen (secondary N) is 1. The van der Waals surface area contributed by atoms with Crippen LogP contribution >= 0.6 is 0 Å². The van der Waals surface area contributed by atoms with Crippen molar-refractivity contribution >= 4 is 28.2 Å². The predicted octanol–water partition coefficient (Wildman–Crippen LogP) is 4.76. The number of nitrogens with two attached hydrogens (primary N) is 1. The Bertz CT molecular complexity index is 1220. The largest absolute Gasteiger partial charge is 0.497 e. The highest BCUT2D eigenvalue weighted by Gasteiger charge is 2.14. The SMILES string of the molecule is COc1cc(Nc2ccnc3cc(OC)c(C(N)=O)cc23)cc(-c2ccccc2)c1. The second-order valence-corrected chi connectivity index (χ2v) is 6.73. The highest BCUT2D eigenvalue weighted by Crippen LogP contribution is 2.34. The van der Waals surface area contributed by atoms with Gasteiger partial charge >= 0.3 is 0 Å². The molecule has 0 aliphatic rings. The first-order chi connectivity index (χ1) is 14.6. The van der Waals surface area contributed by atoms with E-state index >= 15 is 0 Å². The fourth-order valence-corrected chi connectivity index (χ4v) is 3.39. The summed E-state index contributed by atoms with van der Waals surface area (Å²) in [6, 6.07) is 21.3. The standard InChI is InChI=1S/C24H21N3O3/c1-29-18-11-16(15-6-4-3-5-7-15)10-17(12-18)27-21-8-9-26-22-14-23(30-2)20(24(25)28)13-19(21)22/h3-14H,1-2H3,(H2,25,28)(H,26,27). The number of carbonyl (C=O) groups excluding carboxylic acids is 1. The number of fused-ring (bicyclic) bond motifs is 1. The molecule has 4 aromatic rings. The van der Waals surface area contributed by atoms with Gasteiger partial charge in [0.15, 0.2) is 0 Å². The molecule has 30 heavy (non-hydrogen) atoms. The Hall–Kier alpha value is -4.06. The molecule has 0 bridgehead atoms. The summed E-state index contributed by atoms with van der Waals surface area (Å²) in [6.45, 7) is 0. The van der Waals surface area contributed by atoms with Crippen LogP contribution in [-0.2, 0) is 0 Å². The number of benzene rings is 3. The quantitative estimate of drug-likeness (QED) is 0.488. The smallest absolute Gasteiger partial charge is 0.252 e. The summed E-state index contributed by atoms with van der Waals surface area (Å²) >= 11 is 0. The van der Waals surface area contributed by atoms with Gasteiger partial charge in [0, 0.05) is 35.1 Å². The van der Waals surface area contributed by atoms with Crippen LogP contribution in [0.25, 0.3) is 22.0 Å². The second-order valence-electron chi connectivity index (χ2n) is 6.73. The van der Waals surface area contributed by atoms with Gasteiger partial charge in [0.25, 0.3) is 5.91 Å². The first-order valence-electron chi connectivity index (χ1n) is 9.37. The molecule has 1 heterocycles. The molecular weight excluding hydrogens is 378 g/mol. The van der Waals surface area contributed by atoms with Crippen molar-refractivity contribution in [2.24, 2.45) is 5.73 Å². The Morgan fingerprint density at radius 2 is 1.73 bits per heavy atom. The summed E-state index contributed by atoms with van der Waals surface area (Å²) in [5, 5.41) is 4.18. The highest BCUT2D eigenvalue weighted by atomic mass is 16.5. The van der Waals surface area contributed by atoms with Crippen molar-refractivity contribution in [1.29, 1.82) is 0 Å². The molecule has 6 nitrogen and oxygen atoms in total. The third-order valence-electron chi connectivity index (χ3n) is 4.86. The van der Waals surface area contributed by atoms with Gasteiger partial charge < -0.3 is 20.5 Å². The number of primary amides is 1. The van der Waals surface area contributed by atoms with E-state index in [-0.39, 0.29) is 0 Å². The van der Waals surface area contributed by atoms with Crippen molar-refractivity contribution in [1.82, 2.24) is 4.98 Å². The summed E-state index contributed by atoms with van der Waals surface area (Å²) < 4.78 is 10.8. The van der Waals surface area contributed by atoms with Crippen LogP contribution in [0.15, 0.2) is 72.9 Å². The highest BCUT2D eigenvalue weighted by molar-refractivity contribution is 6.03. The summed E-state index contributed by atoms with van der Waals surface area (Å²) in [5.41, 5.74) is 10.3. The topological polar surface area (TPSA) is 86.5 Å². The maximum Gasteiger partial charge on any atom is 0.252 e. The van der Waals surface area contributed by atoms with E-state index in [0.717, 1.165) is 33.6 Å². The third-order valence-corrected chi connectivity index (χ3v) is 4.86. The molecule has 0 atom stereocenters. The summed E-state index contributed by atoms with van der Waals surface area (Å²) in [6.07, 6.45) is 1.70. The summed E-state index contributed by atoms with van der Waals surface area (Å²) in [7, 11) is 3.14. The minimum absolute atomic E-state index is 0.302. The minimum atomic E-state index is -0.559. The van der Waals surface area contributed by atoms with E-state index in [9.17, 15) is 4.79 Å². The van der Waals surface area contributed by atoms with Crippen LogP contribution in [0.1, 0.15) is 10.4 Å². The molecule has 1 amide bonds. The van der Waals surface area contributed by atoms with E-state index in [1.165, 1.54) is 7.11 Å². The molecule has 3 aromatic carbocycles. The molecular formula is C24H21N3O3. The number of anilines is 2. The second kappa shape index (κ2) is 8.13. The van der Waals surface area contributed by atoms with Crippen molar-refractivity contribution in [2.75, 3.05) is 19.5 Å². The predicted molar refractivity (Wildman–Crippen MR) is 119 cm³/mol. The van der Waals surface area contributed by atoms with Crippen LogP contribution in [0.4, 0.5) is 11.4 Å². The van der Waals surface area contributed by atoms with Crippen molar-refractivity contribution in [3.05, 3.63) is 78.5 Å². The van der Waals surface area contributed by atoms with Gasteiger partial charge in [-0.2, -0.15) is 0 Å². The molecule has 1 aromatic heterocycles. The number of hydrogen-bond donors (Lipinski definition) is 2. The zero-order valence-electron chi connectivity index (χ0n) is 16.7. The van der Waals surface area contributed by atoms with Gasteiger partial charge in [-0.1, -0.05) is 30.3 Å². The van der Waals surface area contributed by atoms with Gasteiger partial charge in [0.1, 0.15) is 11.5 Å². The lowest BCUT2D eigenvalue weighted by molar-refractivity contribution is 0.0997. The maximum atomic E-state index is 11.9. The Labute approximate surface area is 174 Å². The molecule has 150 valence electrons. The number of methoxy groups -OCH3 is 2. The van der Waals surface area contributed by atoms with Crippen LogP contribution in [0.3, 0.4) is 0 Å². The first-order valence-corrected chi connectivity index (χ1v) is 9.37. The van der Waals surface area contributed by atoms with Gasteiger partial charge in [-0.05, 0) is 35.4 Å². The van der Waals surface area contributed by atoms with E-state index in [1.807, 2.05) is 54.6 Å².